The molecule has 7 heteroatoms. The van der Waals surface area contributed by atoms with Crippen LogP contribution in [0.4, 0.5) is 8.78 Å². The van der Waals surface area contributed by atoms with Crippen molar-refractivity contribution in [3.8, 4) is 0 Å². The van der Waals surface area contributed by atoms with E-state index >= 15 is 0 Å². The second-order valence-electron chi connectivity index (χ2n) is 7.09. The lowest BCUT2D eigenvalue weighted by Gasteiger charge is -2.28. The molecule has 1 amide bonds. The number of benzene rings is 2. The van der Waals surface area contributed by atoms with E-state index in [0.29, 0.717) is 35.3 Å². The van der Waals surface area contributed by atoms with Crippen molar-refractivity contribution in [2.75, 3.05) is 6.54 Å². The van der Waals surface area contributed by atoms with Crippen molar-refractivity contribution in [3.63, 3.8) is 0 Å². The van der Waals surface area contributed by atoms with Gasteiger partial charge in [-0.3, -0.25) is 14.2 Å². The molecule has 1 aromatic heterocycles. The molecule has 0 bridgehead atoms. The van der Waals surface area contributed by atoms with Crippen LogP contribution in [0.2, 0.25) is 0 Å². The van der Waals surface area contributed by atoms with E-state index in [1.807, 2.05) is 0 Å². The van der Waals surface area contributed by atoms with Crippen LogP contribution in [0, 0.1) is 11.6 Å². The standard InChI is InChI=1S/C22H19F2N3O2/c1-14(28)26-9-8-19-20(12-26)25-13-27(22(19)29)21(15-4-2-6-17(23)10-15)16-5-3-7-18(24)11-16/h2-7,10-11,13,21H,8-9,12H2,1H3. The molecule has 2 aromatic carbocycles. The maximum atomic E-state index is 13.9. The highest BCUT2D eigenvalue weighted by atomic mass is 19.1. The molecule has 5 nitrogen and oxygen atoms in total. The predicted molar refractivity (Wildman–Crippen MR) is 103 cm³/mol. The highest BCUT2D eigenvalue weighted by Gasteiger charge is 2.26. The zero-order chi connectivity index (χ0) is 20.5. The van der Waals surface area contributed by atoms with Gasteiger partial charge in [0.15, 0.2) is 0 Å². The summed E-state index contributed by atoms with van der Waals surface area (Å²) in [6.45, 7) is 2.20. The number of hydrogen-bond acceptors (Lipinski definition) is 3. The first-order chi connectivity index (χ1) is 13.9. The minimum atomic E-state index is -0.725. The summed E-state index contributed by atoms with van der Waals surface area (Å²) in [7, 11) is 0. The molecule has 0 fully saturated rings. The van der Waals surface area contributed by atoms with Gasteiger partial charge in [-0.25, -0.2) is 13.8 Å². The minimum Gasteiger partial charge on any atom is -0.337 e. The van der Waals surface area contributed by atoms with Crippen molar-refractivity contribution in [1.29, 1.82) is 0 Å². The van der Waals surface area contributed by atoms with Crippen LogP contribution < -0.4 is 5.56 Å². The molecule has 1 aliphatic heterocycles. The van der Waals surface area contributed by atoms with Crippen molar-refractivity contribution in [2.24, 2.45) is 0 Å². The molecule has 0 spiro atoms. The van der Waals surface area contributed by atoms with E-state index in [-0.39, 0.29) is 18.0 Å². The summed E-state index contributed by atoms with van der Waals surface area (Å²) in [5, 5.41) is 0. The van der Waals surface area contributed by atoms with Crippen LogP contribution in [0.1, 0.15) is 35.3 Å². The summed E-state index contributed by atoms with van der Waals surface area (Å²) < 4.78 is 29.2. The van der Waals surface area contributed by atoms with Gasteiger partial charge in [-0.15, -0.1) is 0 Å². The second kappa shape index (κ2) is 7.58. The molecule has 0 unspecified atom stereocenters. The maximum Gasteiger partial charge on any atom is 0.257 e. The third-order valence-corrected chi connectivity index (χ3v) is 5.20. The molecule has 0 saturated carbocycles. The van der Waals surface area contributed by atoms with Crippen molar-refractivity contribution < 1.29 is 13.6 Å². The highest BCUT2D eigenvalue weighted by Crippen LogP contribution is 2.27. The molecule has 4 rings (SSSR count). The molecular formula is C22H19F2N3O2. The zero-order valence-corrected chi connectivity index (χ0v) is 15.8. The highest BCUT2D eigenvalue weighted by molar-refractivity contribution is 5.73. The van der Waals surface area contributed by atoms with Crippen LogP contribution in [-0.4, -0.2) is 26.9 Å². The van der Waals surface area contributed by atoms with Gasteiger partial charge >= 0.3 is 0 Å². The summed E-state index contributed by atoms with van der Waals surface area (Å²) in [5.74, 6) is -0.959. The number of halogens is 2. The van der Waals surface area contributed by atoms with Gasteiger partial charge in [0.1, 0.15) is 11.6 Å². The van der Waals surface area contributed by atoms with E-state index in [9.17, 15) is 18.4 Å². The molecule has 148 valence electrons. The number of carbonyl (C=O) groups is 1. The average Bonchev–Trinajstić information content (AvgIpc) is 2.70. The van der Waals surface area contributed by atoms with Crippen molar-refractivity contribution in [3.05, 3.63) is 99.2 Å². The number of hydrogen-bond donors (Lipinski definition) is 0. The van der Waals surface area contributed by atoms with Crippen LogP contribution in [-0.2, 0) is 17.8 Å². The van der Waals surface area contributed by atoms with Gasteiger partial charge in [0.25, 0.3) is 5.56 Å². The quantitative estimate of drug-likeness (QED) is 0.685. The third-order valence-electron chi connectivity index (χ3n) is 5.20. The van der Waals surface area contributed by atoms with Gasteiger partial charge in [0, 0.05) is 19.0 Å². The van der Waals surface area contributed by atoms with E-state index in [1.165, 1.54) is 42.1 Å². The van der Waals surface area contributed by atoms with E-state index in [1.54, 1.807) is 29.2 Å². The van der Waals surface area contributed by atoms with Gasteiger partial charge in [0.05, 0.1) is 24.6 Å². The fourth-order valence-electron chi connectivity index (χ4n) is 3.76. The van der Waals surface area contributed by atoms with Crippen molar-refractivity contribution in [2.45, 2.75) is 25.9 Å². The Kier molecular flexibility index (Phi) is 4.96. The van der Waals surface area contributed by atoms with E-state index in [2.05, 4.69) is 4.98 Å². The number of carbonyl (C=O) groups excluding carboxylic acids is 1. The smallest absolute Gasteiger partial charge is 0.257 e. The van der Waals surface area contributed by atoms with Crippen LogP contribution in [0.5, 0.6) is 0 Å². The number of rotatable bonds is 3. The van der Waals surface area contributed by atoms with Gasteiger partial charge in [-0.2, -0.15) is 0 Å². The summed E-state index contributed by atoms with van der Waals surface area (Å²) in [5.41, 5.74) is 1.85. The molecule has 2 heterocycles. The second-order valence-corrected chi connectivity index (χ2v) is 7.09. The lowest BCUT2D eigenvalue weighted by Crippen LogP contribution is -2.40. The maximum absolute atomic E-state index is 13.9. The van der Waals surface area contributed by atoms with Crippen LogP contribution in [0.15, 0.2) is 59.7 Å². The van der Waals surface area contributed by atoms with Gasteiger partial charge in [-0.05, 0) is 41.8 Å². The van der Waals surface area contributed by atoms with Gasteiger partial charge < -0.3 is 4.90 Å². The predicted octanol–water partition coefficient (Wildman–Crippen LogP) is 3.06. The van der Waals surface area contributed by atoms with Crippen molar-refractivity contribution >= 4 is 5.91 Å². The summed E-state index contributed by atoms with van der Waals surface area (Å²) in [6, 6.07) is 11.1. The fourth-order valence-corrected chi connectivity index (χ4v) is 3.76. The van der Waals surface area contributed by atoms with E-state index in [4.69, 9.17) is 0 Å². The van der Waals surface area contributed by atoms with Gasteiger partial charge in [0.2, 0.25) is 5.91 Å². The summed E-state index contributed by atoms with van der Waals surface area (Å²) >= 11 is 0. The van der Waals surface area contributed by atoms with Gasteiger partial charge in [-0.1, -0.05) is 24.3 Å². The van der Waals surface area contributed by atoms with Crippen LogP contribution in [0.3, 0.4) is 0 Å². The largest absolute Gasteiger partial charge is 0.337 e. The first kappa shape index (κ1) is 19.0. The Morgan fingerprint density at radius 3 is 2.24 bits per heavy atom. The van der Waals surface area contributed by atoms with Crippen molar-refractivity contribution in [1.82, 2.24) is 14.5 Å². The molecule has 3 aromatic rings. The monoisotopic (exact) mass is 395 g/mol. The van der Waals surface area contributed by atoms with E-state index in [0.717, 1.165) is 0 Å². The molecule has 0 atom stereocenters. The first-order valence-electron chi connectivity index (χ1n) is 9.29. The molecule has 0 N–H and O–H groups in total. The SMILES string of the molecule is CC(=O)N1CCc2c(ncn(C(c3cccc(F)c3)c3cccc(F)c3)c2=O)C1. The Labute approximate surface area is 166 Å². The molecule has 0 aliphatic carbocycles. The Hall–Kier alpha value is -3.35. The number of amides is 1. The lowest BCUT2D eigenvalue weighted by atomic mass is 9.97. The molecule has 0 radical (unpaired) electrons. The Morgan fingerprint density at radius 1 is 1.07 bits per heavy atom. The van der Waals surface area contributed by atoms with Crippen LogP contribution in [0.25, 0.3) is 0 Å². The fraction of sp³-hybridized carbons (Fsp3) is 0.227. The number of fused-ring (bicyclic) bond motifs is 1. The molecular weight excluding hydrogens is 376 g/mol. The Bertz CT molecular complexity index is 1100. The first-order valence-corrected chi connectivity index (χ1v) is 9.29. The normalized spacial score (nSPS) is 13.4. The average molecular weight is 395 g/mol. The number of aromatic nitrogens is 2. The molecule has 29 heavy (non-hydrogen) atoms. The third kappa shape index (κ3) is 3.68. The summed E-state index contributed by atoms with van der Waals surface area (Å²) in [6.07, 6.45) is 1.78. The Balaban J connectivity index is 1.86. The topological polar surface area (TPSA) is 55.2 Å². The molecule has 0 saturated heterocycles. The zero-order valence-electron chi connectivity index (χ0n) is 15.8. The van der Waals surface area contributed by atoms with E-state index < -0.39 is 17.7 Å². The Morgan fingerprint density at radius 2 is 1.69 bits per heavy atom. The molecule has 1 aliphatic rings. The minimum absolute atomic E-state index is 0.0703. The number of nitrogens with zero attached hydrogens (tertiary/aromatic N) is 3. The lowest BCUT2D eigenvalue weighted by molar-refractivity contribution is -0.129. The van der Waals surface area contributed by atoms with Crippen LogP contribution >= 0.6 is 0 Å². The summed E-state index contributed by atoms with van der Waals surface area (Å²) in [4.78, 5) is 31.0.